The van der Waals surface area contributed by atoms with E-state index < -0.39 is 18.5 Å². The van der Waals surface area contributed by atoms with E-state index in [0.29, 0.717) is 0 Å². The van der Waals surface area contributed by atoms with Crippen molar-refractivity contribution in [2.75, 3.05) is 26.7 Å². The molecule has 0 saturated heterocycles. The Morgan fingerprint density at radius 3 is 2.22 bits per heavy atom. The molecule has 1 aromatic rings. The van der Waals surface area contributed by atoms with Crippen molar-refractivity contribution >= 4 is 23.7 Å². The van der Waals surface area contributed by atoms with Crippen LogP contribution in [-0.2, 0) is 30.3 Å². The third kappa shape index (κ3) is 8.20. The summed E-state index contributed by atoms with van der Waals surface area (Å²) in [6, 6.07) is 9.07. The summed E-state index contributed by atoms with van der Waals surface area (Å²) in [5, 5.41) is 7.00. The predicted octanol–water partition coefficient (Wildman–Crippen LogP) is -1.25. The molecule has 0 bridgehead atoms. The Balaban J connectivity index is 2.17. The van der Waals surface area contributed by atoms with Gasteiger partial charge in [-0.2, -0.15) is 0 Å². The Morgan fingerprint density at radius 2 is 1.57 bits per heavy atom. The second-order valence-corrected chi connectivity index (χ2v) is 4.55. The number of ether oxygens (including phenoxy) is 1. The fraction of sp³-hybridized carbons (Fsp3) is 0.333. The van der Waals surface area contributed by atoms with E-state index in [2.05, 4.69) is 20.7 Å². The van der Waals surface area contributed by atoms with Crippen molar-refractivity contribution in [3.63, 3.8) is 0 Å². The highest BCUT2D eigenvalue weighted by Crippen LogP contribution is 1.98. The van der Waals surface area contributed by atoms with Gasteiger partial charge in [0.2, 0.25) is 11.8 Å². The van der Waals surface area contributed by atoms with Crippen molar-refractivity contribution in [2.24, 2.45) is 0 Å². The number of hydrogen-bond acceptors (Lipinski definition) is 5. The summed E-state index contributed by atoms with van der Waals surface area (Å²) >= 11 is 0. The summed E-state index contributed by atoms with van der Waals surface area (Å²) in [5.74, 6) is -2.02. The van der Waals surface area contributed by atoms with Crippen molar-refractivity contribution in [2.45, 2.75) is 6.42 Å². The van der Waals surface area contributed by atoms with E-state index in [0.717, 1.165) is 5.56 Å². The van der Waals surface area contributed by atoms with Gasteiger partial charge < -0.3 is 20.7 Å². The maximum absolute atomic E-state index is 11.6. The van der Waals surface area contributed by atoms with Gasteiger partial charge in [-0.1, -0.05) is 30.3 Å². The van der Waals surface area contributed by atoms with Gasteiger partial charge in [0, 0.05) is 7.05 Å². The number of nitrogens with one attached hydrogen (secondary N) is 3. The molecule has 124 valence electrons. The van der Waals surface area contributed by atoms with Crippen molar-refractivity contribution in [3.05, 3.63) is 35.9 Å². The van der Waals surface area contributed by atoms with Gasteiger partial charge in [-0.15, -0.1) is 0 Å². The second-order valence-electron chi connectivity index (χ2n) is 4.55. The van der Waals surface area contributed by atoms with Crippen molar-refractivity contribution in [1.82, 2.24) is 16.0 Å². The molecule has 0 radical (unpaired) electrons. The quantitative estimate of drug-likeness (QED) is 0.518. The Bertz CT molecular complexity index is 559. The van der Waals surface area contributed by atoms with Crippen LogP contribution in [-0.4, -0.2) is 50.4 Å². The first-order valence-corrected chi connectivity index (χ1v) is 6.94. The molecule has 23 heavy (non-hydrogen) atoms. The van der Waals surface area contributed by atoms with Crippen LogP contribution < -0.4 is 16.0 Å². The number of rotatable bonds is 8. The minimum absolute atomic E-state index is 0.154. The Labute approximate surface area is 133 Å². The first-order chi connectivity index (χ1) is 11.0. The Hall–Kier alpha value is -2.90. The molecule has 0 heterocycles. The maximum Gasteiger partial charge on any atom is 0.325 e. The lowest BCUT2D eigenvalue weighted by Crippen LogP contribution is -2.38. The zero-order chi connectivity index (χ0) is 17.1. The smallest absolute Gasteiger partial charge is 0.325 e. The number of hydrogen-bond donors (Lipinski definition) is 3. The third-order valence-corrected chi connectivity index (χ3v) is 2.73. The van der Waals surface area contributed by atoms with Crippen LogP contribution >= 0.6 is 0 Å². The first kappa shape index (κ1) is 18.1. The summed E-state index contributed by atoms with van der Waals surface area (Å²) in [6.45, 7) is -1.03. The van der Waals surface area contributed by atoms with E-state index in [9.17, 15) is 19.2 Å². The molecule has 0 fully saturated rings. The average molecular weight is 321 g/mol. The molecule has 0 unspecified atom stereocenters. The van der Waals surface area contributed by atoms with Crippen molar-refractivity contribution in [1.29, 1.82) is 0 Å². The molecule has 0 aliphatic rings. The number of esters is 1. The molecule has 8 heteroatoms. The molecule has 0 aliphatic heterocycles. The molecular weight excluding hydrogens is 302 g/mol. The lowest BCUT2D eigenvalue weighted by atomic mass is 10.1. The summed E-state index contributed by atoms with van der Waals surface area (Å²) in [7, 11) is 1.44. The van der Waals surface area contributed by atoms with Crippen molar-refractivity contribution in [3.8, 4) is 0 Å². The average Bonchev–Trinajstić information content (AvgIpc) is 2.56. The van der Waals surface area contributed by atoms with Crippen LogP contribution in [0.4, 0.5) is 0 Å². The molecule has 3 N–H and O–H groups in total. The standard InChI is InChI=1S/C15H19N3O5/c1-16-13(20)8-17-14(21)10-23-15(22)9-18-12(19)7-11-5-3-2-4-6-11/h2-6H,7-10H2,1H3,(H,16,20)(H,17,21)(H,18,19). The minimum Gasteiger partial charge on any atom is -0.454 e. The van der Waals surface area contributed by atoms with Gasteiger partial charge in [-0.05, 0) is 5.56 Å². The highest BCUT2D eigenvalue weighted by atomic mass is 16.5. The lowest BCUT2D eigenvalue weighted by Gasteiger charge is -2.07. The van der Waals surface area contributed by atoms with Gasteiger partial charge in [0.1, 0.15) is 6.54 Å². The highest BCUT2D eigenvalue weighted by molar-refractivity contribution is 5.87. The second kappa shape index (κ2) is 9.93. The maximum atomic E-state index is 11.6. The first-order valence-electron chi connectivity index (χ1n) is 6.94. The van der Waals surface area contributed by atoms with Crippen LogP contribution in [0.2, 0.25) is 0 Å². The SMILES string of the molecule is CNC(=O)CNC(=O)COC(=O)CNC(=O)Cc1ccccc1. The molecule has 0 spiro atoms. The Kier molecular flexibility index (Phi) is 7.84. The van der Waals surface area contributed by atoms with Crippen LogP contribution in [0.1, 0.15) is 5.56 Å². The summed E-state index contributed by atoms with van der Waals surface area (Å²) in [5.41, 5.74) is 0.826. The van der Waals surface area contributed by atoms with Gasteiger partial charge >= 0.3 is 5.97 Å². The van der Waals surface area contributed by atoms with Gasteiger partial charge in [0.15, 0.2) is 6.61 Å². The molecule has 0 atom stereocenters. The highest BCUT2D eigenvalue weighted by Gasteiger charge is 2.10. The number of amides is 3. The summed E-state index contributed by atoms with van der Waals surface area (Å²) in [6.07, 6.45) is 0.154. The molecular formula is C15H19N3O5. The zero-order valence-electron chi connectivity index (χ0n) is 12.8. The number of carbonyl (C=O) groups excluding carboxylic acids is 4. The molecule has 0 saturated carbocycles. The molecule has 0 aliphatic carbocycles. The van der Waals surface area contributed by atoms with E-state index in [-0.39, 0.29) is 31.3 Å². The normalized spacial score (nSPS) is 9.61. The number of carbonyl (C=O) groups is 4. The fourth-order valence-electron chi connectivity index (χ4n) is 1.53. The van der Waals surface area contributed by atoms with E-state index >= 15 is 0 Å². The number of likely N-dealkylation sites (N-methyl/N-ethyl adjacent to an activating group) is 1. The van der Waals surface area contributed by atoms with Crippen LogP contribution in [0.25, 0.3) is 0 Å². The fourth-order valence-corrected chi connectivity index (χ4v) is 1.53. The predicted molar refractivity (Wildman–Crippen MR) is 81.2 cm³/mol. The van der Waals surface area contributed by atoms with Gasteiger partial charge in [-0.3, -0.25) is 19.2 Å². The minimum atomic E-state index is -0.735. The zero-order valence-corrected chi connectivity index (χ0v) is 12.8. The van der Waals surface area contributed by atoms with E-state index in [1.165, 1.54) is 7.05 Å². The largest absolute Gasteiger partial charge is 0.454 e. The number of benzene rings is 1. The van der Waals surface area contributed by atoms with Gasteiger partial charge in [-0.25, -0.2) is 0 Å². The third-order valence-electron chi connectivity index (χ3n) is 2.73. The summed E-state index contributed by atoms with van der Waals surface area (Å²) < 4.78 is 4.67. The molecule has 0 aromatic heterocycles. The van der Waals surface area contributed by atoms with E-state index in [1.54, 1.807) is 12.1 Å². The van der Waals surface area contributed by atoms with Crippen LogP contribution in [0.15, 0.2) is 30.3 Å². The Morgan fingerprint density at radius 1 is 0.913 bits per heavy atom. The van der Waals surface area contributed by atoms with Crippen LogP contribution in [0.3, 0.4) is 0 Å². The van der Waals surface area contributed by atoms with Crippen molar-refractivity contribution < 1.29 is 23.9 Å². The molecule has 1 aromatic carbocycles. The molecule has 1 rings (SSSR count). The van der Waals surface area contributed by atoms with Crippen LogP contribution in [0, 0.1) is 0 Å². The van der Waals surface area contributed by atoms with E-state index in [4.69, 9.17) is 0 Å². The monoisotopic (exact) mass is 321 g/mol. The van der Waals surface area contributed by atoms with E-state index in [1.807, 2.05) is 18.2 Å². The lowest BCUT2D eigenvalue weighted by molar-refractivity contribution is -0.148. The molecule has 8 nitrogen and oxygen atoms in total. The van der Waals surface area contributed by atoms with Crippen LogP contribution in [0.5, 0.6) is 0 Å². The topological polar surface area (TPSA) is 114 Å². The van der Waals surface area contributed by atoms with Gasteiger partial charge in [0.05, 0.1) is 13.0 Å². The summed E-state index contributed by atoms with van der Waals surface area (Å²) in [4.78, 5) is 45.2. The molecule has 3 amide bonds. The van der Waals surface area contributed by atoms with Gasteiger partial charge in [0.25, 0.3) is 5.91 Å².